The highest BCUT2D eigenvalue weighted by Gasteiger charge is 2.31. The fraction of sp³-hybridized carbons (Fsp3) is 0.429. The summed E-state index contributed by atoms with van der Waals surface area (Å²) in [6.07, 6.45) is -0.162. The summed E-state index contributed by atoms with van der Waals surface area (Å²) in [4.78, 5) is 24.3. The van der Waals surface area contributed by atoms with Crippen molar-refractivity contribution in [2.45, 2.75) is 26.8 Å². The summed E-state index contributed by atoms with van der Waals surface area (Å²) in [6, 6.07) is 4.29. The third kappa shape index (κ3) is 3.93. The van der Waals surface area contributed by atoms with Gasteiger partial charge in [-0.2, -0.15) is 0 Å². The fourth-order valence-electron chi connectivity index (χ4n) is 1.60. The van der Waals surface area contributed by atoms with Gasteiger partial charge in [-0.1, -0.05) is 17.7 Å². The van der Waals surface area contributed by atoms with Crippen molar-refractivity contribution in [3.8, 4) is 0 Å². The van der Waals surface area contributed by atoms with E-state index in [9.17, 15) is 14.0 Å². The zero-order valence-corrected chi connectivity index (χ0v) is 12.4. The molecule has 0 saturated carbocycles. The minimum atomic E-state index is -1.16. The summed E-state index contributed by atoms with van der Waals surface area (Å²) in [5.41, 5.74) is -0.942. The standard InChI is InChI=1S/C14H17ClFNO3/c1-14(2,13(19)20)7-12(18)17(3)8-9-10(15)5-4-6-11(9)16/h4-6H,7-8H2,1-3H3,(H,19,20). The van der Waals surface area contributed by atoms with E-state index in [2.05, 4.69) is 0 Å². The Kier molecular flexibility index (Phi) is 5.11. The number of carboxylic acid groups (broad SMARTS) is 1. The van der Waals surface area contributed by atoms with E-state index in [1.807, 2.05) is 0 Å². The third-order valence-corrected chi connectivity index (χ3v) is 3.41. The molecule has 0 radical (unpaired) electrons. The minimum absolute atomic E-state index is 0.0000387. The molecule has 1 aromatic carbocycles. The number of halogens is 2. The summed E-state index contributed by atoms with van der Waals surface area (Å²) in [6.45, 7) is 2.94. The van der Waals surface area contributed by atoms with Crippen LogP contribution in [0.1, 0.15) is 25.8 Å². The van der Waals surface area contributed by atoms with Gasteiger partial charge in [0.25, 0.3) is 0 Å². The molecule has 0 fully saturated rings. The SMILES string of the molecule is CN(Cc1c(F)cccc1Cl)C(=O)CC(C)(C)C(=O)O. The number of rotatable bonds is 5. The Hall–Kier alpha value is -1.62. The number of aliphatic carboxylic acids is 1. The third-order valence-electron chi connectivity index (χ3n) is 3.05. The van der Waals surface area contributed by atoms with Crippen molar-refractivity contribution in [1.29, 1.82) is 0 Å². The Morgan fingerprint density at radius 2 is 2.00 bits per heavy atom. The second kappa shape index (κ2) is 6.22. The molecular formula is C14H17ClFNO3. The largest absolute Gasteiger partial charge is 0.481 e. The zero-order valence-electron chi connectivity index (χ0n) is 11.6. The number of carbonyl (C=O) groups is 2. The lowest BCUT2D eigenvalue weighted by atomic mass is 9.89. The molecule has 1 rings (SSSR count). The quantitative estimate of drug-likeness (QED) is 0.909. The first-order valence-corrected chi connectivity index (χ1v) is 6.43. The van der Waals surface area contributed by atoms with Gasteiger partial charge >= 0.3 is 5.97 Å². The van der Waals surface area contributed by atoms with E-state index in [0.717, 1.165) is 0 Å². The van der Waals surface area contributed by atoms with E-state index >= 15 is 0 Å². The van der Waals surface area contributed by atoms with E-state index in [0.29, 0.717) is 0 Å². The number of hydrogen-bond acceptors (Lipinski definition) is 2. The Bertz CT molecular complexity index is 511. The number of amides is 1. The summed E-state index contributed by atoms with van der Waals surface area (Å²) < 4.78 is 13.6. The van der Waals surface area contributed by atoms with Crippen molar-refractivity contribution in [1.82, 2.24) is 4.90 Å². The Morgan fingerprint density at radius 3 is 2.50 bits per heavy atom. The van der Waals surface area contributed by atoms with Crippen LogP contribution in [0.25, 0.3) is 0 Å². The smallest absolute Gasteiger partial charge is 0.309 e. The van der Waals surface area contributed by atoms with Crippen molar-refractivity contribution in [2.75, 3.05) is 7.05 Å². The molecule has 20 heavy (non-hydrogen) atoms. The normalized spacial score (nSPS) is 11.2. The van der Waals surface area contributed by atoms with Gasteiger partial charge in [0.05, 0.1) is 5.41 Å². The predicted molar refractivity (Wildman–Crippen MR) is 73.9 cm³/mol. The van der Waals surface area contributed by atoms with E-state index in [1.54, 1.807) is 6.07 Å². The first-order valence-electron chi connectivity index (χ1n) is 6.05. The summed E-state index contributed by atoms with van der Waals surface area (Å²) in [7, 11) is 1.49. The average molecular weight is 302 g/mol. The molecule has 4 nitrogen and oxygen atoms in total. The van der Waals surface area contributed by atoms with Gasteiger partial charge in [-0.25, -0.2) is 4.39 Å². The highest BCUT2D eigenvalue weighted by atomic mass is 35.5. The molecule has 1 aromatic rings. The minimum Gasteiger partial charge on any atom is -0.481 e. The van der Waals surface area contributed by atoms with Gasteiger partial charge in [0.1, 0.15) is 5.82 Å². The molecule has 0 aliphatic carbocycles. The number of benzene rings is 1. The Balaban J connectivity index is 2.79. The van der Waals surface area contributed by atoms with Crippen LogP contribution in [0.5, 0.6) is 0 Å². The van der Waals surface area contributed by atoms with E-state index in [4.69, 9.17) is 16.7 Å². The summed E-state index contributed by atoms with van der Waals surface area (Å²) in [5, 5.41) is 9.24. The maximum atomic E-state index is 13.6. The summed E-state index contributed by atoms with van der Waals surface area (Å²) >= 11 is 5.89. The van der Waals surface area contributed by atoms with Crippen LogP contribution in [0.3, 0.4) is 0 Å². The average Bonchev–Trinajstić information content (AvgIpc) is 2.33. The van der Waals surface area contributed by atoms with Crippen LogP contribution in [0, 0.1) is 11.2 Å². The molecule has 0 spiro atoms. The second-order valence-corrected chi connectivity index (χ2v) is 5.72. The molecule has 1 N–H and O–H groups in total. The first kappa shape index (κ1) is 16.4. The van der Waals surface area contributed by atoms with E-state index in [-0.39, 0.29) is 29.5 Å². The zero-order chi connectivity index (χ0) is 15.5. The van der Waals surface area contributed by atoms with Gasteiger partial charge < -0.3 is 10.0 Å². The van der Waals surface area contributed by atoms with Crippen LogP contribution in [0.4, 0.5) is 4.39 Å². The van der Waals surface area contributed by atoms with Crippen molar-refractivity contribution in [3.05, 3.63) is 34.6 Å². The first-order chi connectivity index (χ1) is 9.15. The topological polar surface area (TPSA) is 57.6 Å². The van der Waals surface area contributed by atoms with Crippen molar-refractivity contribution < 1.29 is 19.1 Å². The number of nitrogens with zero attached hydrogens (tertiary/aromatic N) is 1. The van der Waals surface area contributed by atoms with Crippen molar-refractivity contribution in [2.24, 2.45) is 5.41 Å². The second-order valence-electron chi connectivity index (χ2n) is 5.32. The van der Waals surface area contributed by atoms with Gasteiger partial charge in [-0.15, -0.1) is 0 Å². The van der Waals surface area contributed by atoms with Crippen molar-refractivity contribution in [3.63, 3.8) is 0 Å². The van der Waals surface area contributed by atoms with Crippen molar-refractivity contribution >= 4 is 23.5 Å². The molecule has 0 unspecified atom stereocenters. The lowest BCUT2D eigenvalue weighted by Crippen LogP contribution is -2.34. The molecule has 0 bridgehead atoms. The van der Waals surface area contributed by atoms with Crippen LogP contribution < -0.4 is 0 Å². The van der Waals surface area contributed by atoms with E-state index < -0.39 is 17.2 Å². The molecule has 0 aromatic heterocycles. The van der Waals surface area contributed by atoms with Crippen LogP contribution in [0.15, 0.2) is 18.2 Å². The highest BCUT2D eigenvalue weighted by molar-refractivity contribution is 6.31. The molecule has 1 amide bonds. The Labute approximate surface area is 122 Å². The van der Waals surface area contributed by atoms with Crippen LogP contribution in [0.2, 0.25) is 5.02 Å². The molecular weight excluding hydrogens is 285 g/mol. The maximum Gasteiger partial charge on any atom is 0.309 e. The number of hydrogen-bond donors (Lipinski definition) is 1. The van der Waals surface area contributed by atoms with Crippen LogP contribution in [-0.2, 0) is 16.1 Å². The molecule has 0 heterocycles. The molecule has 0 aliphatic heterocycles. The van der Waals surface area contributed by atoms with Crippen LogP contribution in [-0.4, -0.2) is 28.9 Å². The van der Waals surface area contributed by atoms with Gasteiger partial charge in [0, 0.05) is 30.6 Å². The maximum absolute atomic E-state index is 13.6. The Morgan fingerprint density at radius 1 is 1.40 bits per heavy atom. The molecule has 0 saturated heterocycles. The number of carbonyl (C=O) groups excluding carboxylic acids is 1. The van der Waals surface area contributed by atoms with Crippen LogP contribution >= 0.6 is 11.6 Å². The monoisotopic (exact) mass is 301 g/mol. The lowest BCUT2D eigenvalue weighted by Gasteiger charge is -2.24. The van der Waals surface area contributed by atoms with Gasteiger partial charge in [-0.05, 0) is 26.0 Å². The molecule has 6 heteroatoms. The predicted octanol–water partition coefficient (Wildman–Crippen LogP) is 2.94. The number of carboxylic acids is 1. The highest BCUT2D eigenvalue weighted by Crippen LogP contribution is 2.24. The molecule has 110 valence electrons. The van der Waals surface area contributed by atoms with Gasteiger partial charge in [0.15, 0.2) is 0 Å². The molecule has 0 aliphatic rings. The lowest BCUT2D eigenvalue weighted by molar-refractivity contribution is -0.151. The summed E-state index contributed by atoms with van der Waals surface area (Å²) in [5.74, 6) is -1.92. The van der Waals surface area contributed by atoms with Gasteiger partial charge in [-0.3, -0.25) is 9.59 Å². The molecule has 0 atom stereocenters. The fourth-order valence-corrected chi connectivity index (χ4v) is 1.82. The van der Waals surface area contributed by atoms with E-state index in [1.165, 1.54) is 37.9 Å². The van der Waals surface area contributed by atoms with Gasteiger partial charge in [0.2, 0.25) is 5.91 Å².